The molecule has 1 unspecified atom stereocenters. The molecule has 1 saturated heterocycles. The number of likely N-dealkylation sites (N-methyl/N-ethyl adjacent to an activating group) is 1. The lowest BCUT2D eigenvalue weighted by Gasteiger charge is -2.22. The Hall–Kier alpha value is -1.59. The molecule has 110 valence electrons. The second-order valence-corrected chi connectivity index (χ2v) is 5.03. The van der Waals surface area contributed by atoms with E-state index in [1.165, 1.54) is 0 Å². The molecule has 0 spiro atoms. The Bertz CT molecular complexity index is 426. The number of carbonyl (C=O) groups is 1. The van der Waals surface area contributed by atoms with Gasteiger partial charge in [-0.2, -0.15) is 0 Å². The monoisotopic (exact) mass is 279 g/mol. The quantitative estimate of drug-likeness (QED) is 0.772. The Balaban J connectivity index is 1.66. The number of hydrogen-bond acceptors (Lipinski definition) is 4. The number of hydrogen-bond donors (Lipinski definition) is 1. The van der Waals surface area contributed by atoms with Gasteiger partial charge in [0.15, 0.2) is 0 Å². The molecule has 1 heterocycles. The van der Waals surface area contributed by atoms with E-state index in [1.54, 1.807) is 24.3 Å². The molecule has 0 saturated carbocycles. The first kappa shape index (κ1) is 14.8. The van der Waals surface area contributed by atoms with Crippen molar-refractivity contribution in [1.82, 2.24) is 4.90 Å². The van der Waals surface area contributed by atoms with Gasteiger partial charge in [0.1, 0.15) is 5.75 Å². The number of carboxylic acid groups (broad SMARTS) is 1. The summed E-state index contributed by atoms with van der Waals surface area (Å²) in [4.78, 5) is 13.0. The molecule has 2 rings (SSSR count). The molecule has 1 aromatic rings. The third-order valence-corrected chi connectivity index (χ3v) is 3.55. The lowest BCUT2D eigenvalue weighted by Crippen LogP contribution is -2.33. The third-order valence-electron chi connectivity index (χ3n) is 3.55. The minimum absolute atomic E-state index is 0.276. The zero-order valence-electron chi connectivity index (χ0n) is 11.7. The molecule has 0 aliphatic carbocycles. The summed E-state index contributed by atoms with van der Waals surface area (Å²) in [6.45, 7) is 3.29. The minimum atomic E-state index is -0.919. The number of nitrogens with zero attached hydrogens (tertiary/aromatic N) is 1. The molecule has 1 aliphatic rings. The van der Waals surface area contributed by atoms with Gasteiger partial charge in [0.25, 0.3) is 0 Å². The highest BCUT2D eigenvalue weighted by Gasteiger charge is 2.19. The summed E-state index contributed by atoms with van der Waals surface area (Å²) >= 11 is 0. The molecular weight excluding hydrogens is 258 g/mol. The fourth-order valence-electron chi connectivity index (χ4n) is 2.25. The standard InChI is InChI=1S/C15H21NO4/c1-16(13-7-10-19-11-13)8-2-9-20-14-5-3-12(4-6-14)15(17)18/h3-6,13H,2,7-11H2,1H3,(H,17,18). The van der Waals surface area contributed by atoms with E-state index in [9.17, 15) is 4.79 Å². The Kier molecular flexibility index (Phi) is 5.38. The Labute approximate surface area is 119 Å². The third kappa shape index (κ3) is 4.21. The molecule has 1 fully saturated rings. The van der Waals surface area contributed by atoms with Crippen molar-refractivity contribution in [3.05, 3.63) is 29.8 Å². The van der Waals surface area contributed by atoms with E-state index in [4.69, 9.17) is 14.6 Å². The summed E-state index contributed by atoms with van der Waals surface area (Å²) in [5.74, 6) is -0.209. The van der Waals surface area contributed by atoms with Crippen LogP contribution in [0.15, 0.2) is 24.3 Å². The van der Waals surface area contributed by atoms with Crippen LogP contribution in [-0.2, 0) is 4.74 Å². The largest absolute Gasteiger partial charge is 0.494 e. The first-order chi connectivity index (χ1) is 9.66. The fraction of sp³-hybridized carbons (Fsp3) is 0.533. The van der Waals surface area contributed by atoms with Crippen LogP contribution in [0.2, 0.25) is 0 Å². The van der Waals surface area contributed by atoms with Gasteiger partial charge in [-0.3, -0.25) is 0 Å². The van der Waals surface area contributed by atoms with Gasteiger partial charge in [-0.15, -0.1) is 0 Å². The average molecular weight is 279 g/mol. The van der Waals surface area contributed by atoms with Gasteiger partial charge in [0.2, 0.25) is 0 Å². The molecule has 1 atom stereocenters. The second kappa shape index (κ2) is 7.26. The lowest BCUT2D eigenvalue weighted by molar-refractivity contribution is 0.0697. The molecule has 1 aliphatic heterocycles. The van der Waals surface area contributed by atoms with Crippen LogP contribution in [-0.4, -0.2) is 55.4 Å². The van der Waals surface area contributed by atoms with Crippen molar-refractivity contribution in [3.8, 4) is 5.75 Å². The molecule has 5 nitrogen and oxygen atoms in total. The summed E-state index contributed by atoms with van der Waals surface area (Å²) in [5.41, 5.74) is 0.276. The predicted octanol–water partition coefficient (Wildman–Crippen LogP) is 1.87. The van der Waals surface area contributed by atoms with Crippen molar-refractivity contribution in [2.24, 2.45) is 0 Å². The smallest absolute Gasteiger partial charge is 0.335 e. The molecule has 20 heavy (non-hydrogen) atoms. The first-order valence-corrected chi connectivity index (χ1v) is 6.91. The lowest BCUT2D eigenvalue weighted by atomic mass is 10.2. The van der Waals surface area contributed by atoms with E-state index in [2.05, 4.69) is 11.9 Å². The summed E-state index contributed by atoms with van der Waals surface area (Å²) < 4.78 is 11.0. The van der Waals surface area contributed by atoms with E-state index in [-0.39, 0.29) is 5.56 Å². The molecule has 0 bridgehead atoms. The van der Waals surface area contributed by atoms with Crippen molar-refractivity contribution >= 4 is 5.97 Å². The molecule has 0 radical (unpaired) electrons. The number of aromatic carboxylic acids is 1. The maximum atomic E-state index is 10.7. The molecule has 0 aromatic heterocycles. The van der Waals surface area contributed by atoms with Crippen LogP contribution in [0.1, 0.15) is 23.2 Å². The zero-order valence-corrected chi connectivity index (χ0v) is 11.7. The Morgan fingerprint density at radius 1 is 1.45 bits per heavy atom. The number of carboxylic acids is 1. The second-order valence-electron chi connectivity index (χ2n) is 5.03. The summed E-state index contributed by atoms with van der Waals surface area (Å²) in [5, 5.41) is 8.80. The number of rotatable bonds is 7. The van der Waals surface area contributed by atoms with Gasteiger partial charge >= 0.3 is 5.97 Å². The van der Waals surface area contributed by atoms with Gasteiger partial charge in [-0.1, -0.05) is 0 Å². The van der Waals surface area contributed by atoms with Crippen LogP contribution >= 0.6 is 0 Å². The maximum absolute atomic E-state index is 10.7. The zero-order chi connectivity index (χ0) is 14.4. The van der Waals surface area contributed by atoms with Crippen LogP contribution in [0.25, 0.3) is 0 Å². The van der Waals surface area contributed by atoms with E-state index in [0.29, 0.717) is 18.4 Å². The highest BCUT2D eigenvalue weighted by molar-refractivity contribution is 5.87. The van der Waals surface area contributed by atoms with E-state index >= 15 is 0 Å². The predicted molar refractivity (Wildman–Crippen MR) is 75.4 cm³/mol. The van der Waals surface area contributed by atoms with E-state index in [1.807, 2.05) is 0 Å². The van der Waals surface area contributed by atoms with Crippen molar-refractivity contribution in [2.75, 3.05) is 33.4 Å². The van der Waals surface area contributed by atoms with Crippen molar-refractivity contribution in [3.63, 3.8) is 0 Å². The van der Waals surface area contributed by atoms with E-state index < -0.39 is 5.97 Å². The van der Waals surface area contributed by atoms with Crippen molar-refractivity contribution in [1.29, 1.82) is 0 Å². The van der Waals surface area contributed by atoms with Crippen LogP contribution in [0.5, 0.6) is 5.75 Å². The van der Waals surface area contributed by atoms with Crippen LogP contribution in [0.3, 0.4) is 0 Å². The molecular formula is C15H21NO4. The topological polar surface area (TPSA) is 59.0 Å². The Morgan fingerprint density at radius 2 is 2.20 bits per heavy atom. The summed E-state index contributed by atoms with van der Waals surface area (Å²) in [6, 6.07) is 7.03. The van der Waals surface area contributed by atoms with Crippen LogP contribution in [0.4, 0.5) is 0 Å². The molecule has 5 heteroatoms. The number of ether oxygens (including phenoxy) is 2. The minimum Gasteiger partial charge on any atom is -0.494 e. The summed E-state index contributed by atoms with van der Waals surface area (Å²) in [6.07, 6.45) is 2.04. The SMILES string of the molecule is CN(CCCOc1ccc(C(=O)O)cc1)C1CCOC1. The highest BCUT2D eigenvalue weighted by Crippen LogP contribution is 2.13. The molecule has 1 aromatic carbocycles. The highest BCUT2D eigenvalue weighted by atomic mass is 16.5. The van der Waals surface area contributed by atoms with Gasteiger partial charge in [-0.25, -0.2) is 4.79 Å². The number of benzene rings is 1. The van der Waals surface area contributed by atoms with Crippen LogP contribution < -0.4 is 4.74 Å². The van der Waals surface area contributed by atoms with Crippen LogP contribution in [0, 0.1) is 0 Å². The van der Waals surface area contributed by atoms with Crippen molar-refractivity contribution < 1.29 is 19.4 Å². The fourth-order valence-corrected chi connectivity index (χ4v) is 2.25. The van der Waals surface area contributed by atoms with Gasteiger partial charge < -0.3 is 19.5 Å². The molecule has 1 N–H and O–H groups in total. The van der Waals surface area contributed by atoms with Gasteiger partial charge in [0.05, 0.1) is 18.8 Å². The van der Waals surface area contributed by atoms with E-state index in [0.717, 1.165) is 32.6 Å². The van der Waals surface area contributed by atoms with Gasteiger partial charge in [0, 0.05) is 19.2 Å². The average Bonchev–Trinajstić information content (AvgIpc) is 2.98. The summed E-state index contributed by atoms with van der Waals surface area (Å²) in [7, 11) is 2.11. The van der Waals surface area contributed by atoms with Crippen molar-refractivity contribution in [2.45, 2.75) is 18.9 Å². The Morgan fingerprint density at radius 3 is 2.80 bits per heavy atom. The molecule has 0 amide bonds. The maximum Gasteiger partial charge on any atom is 0.335 e. The first-order valence-electron chi connectivity index (χ1n) is 6.91. The van der Waals surface area contributed by atoms with Gasteiger partial charge in [-0.05, 0) is 44.2 Å². The normalized spacial score (nSPS) is 18.4.